The number of fused-ring (bicyclic) bond motifs is 2. The van der Waals surface area contributed by atoms with Crippen LogP contribution in [0.3, 0.4) is 0 Å². The Bertz CT molecular complexity index is 1410. The van der Waals surface area contributed by atoms with Gasteiger partial charge in [-0.05, 0) is 38.1 Å². The van der Waals surface area contributed by atoms with Gasteiger partial charge in [0.2, 0.25) is 11.6 Å². The predicted molar refractivity (Wildman–Crippen MR) is 136 cm³/mol. The third-order valence-electron chi connectivity index (χ3n) is 5.39. The van der Waals surface area contributed by atoms with E-state index in [2.05, 4.69) is 4.98 Å². The topological polar surface area (TPSA) is 159 Å². The maximum absolute atomic E-state index is 13.1. The molecule has 0 bridgehead atoms. The van der Waals surface area contributed by atoms with E-state index in [-0.39, 0.29) is 57.6 Å². The molecule has 1 aromatic carbocycles. The Balaban J connectivity index is 0.00000186. The molecule has 0 radical (unpaired) electrons. The fourth-order valence-electron chi connectivity index (χ4n) is 3.68. The van der Waals surface area contributed by atoms with Crippen molar-refractivity contribution in [3.05, 3.63) is 88.3 Å². The molecular formula is C27H28N4O6. The molecule has 0 aliphatic heterocycles. The van der Waals surface area contributed by atoms with Crippen molar-refractivity contribution < 1.29 is 28.3 Å². The van der Waals surface area contributed by atoms with E-state index in [1.807, 2.05) is 13.8 Å². The summed E-state index contributed by atoms with van der Waals surface area (Å²) in [6.45, 7) is 7.23. The fraction of sp³-hybridized carbons (Fsp3) is 0.222. The number of carbonyl (C=O) groups excluding carboxylic acids is 4. The van der Waals surface area contributed by atoms with Gasteiger partial charge in [0.25, 0.3) is 0 Å². The number of Topliss-reactive ketones (excluding diaryl/α,β-unsaturated/α-hetero) is 1. The first-order valence-electron chi connectivity index (χ1n) is 11.7. The summed E-state index contributed by atoms with van der Waals surface area (Å²) in [6.07, 6.45) is 3.13. The molecule has 10 heteroatoms. The van der Waals surface area contributed by atoms with Crippen LogP contribution in [-0.4, -0.2) is 39.9 Å². The number of rotatable bonds is 7. The van der Waals surface area contributed by atoms with E-state index in [0.29, 0.717) is 12.1 Å². The molecule has 2 aromatic heterocycles. The maximum Gasteiger partial charge on any atom is 0.347 e. The number of furan rings is 1. The smallest absolute Gasteiger partial charge is 0.347 e. The third-order valence-corrected chi connectivity index (χ3v) is 5.39. The minimum absolute atomic E-state index is 0.00230. The van der Waals surface area contributed by atoms with Crippen LogP contribution in [0, 0.1) is 6.92 Å². The number of nitrogens with zero attached hydrogens (tertiary/aromatic N) is 2. The fourth-order valence-corrected chi connectivity index (χ4v) is 3.68. The molecule has 0 unspecified atom stereocenters. The number of benzene rings is 1. The molecule has 1 aliphatic rings. The monoisotopic (exact) mass is 504 g/mol. The normalized spacial score (nSPS) is 12.2. The van der Waals surface area contributed by atoms with E-state index in [9.17, 15) is 19.2 Å². The summed E-state index contributed by atoms with van der Waals surface area (Å²) in [7, 11) is 0. The van der Waals surface area contributed by atoms with Crippen LogP contribution in [0.1, 0.15) is 81.0 Å². The van der Waals surface area contributed by atoms with Crippen LogP contribution in [-0.2, 0) is 4.79 Å². The highest BCUT2D eigenvalue weighted by Gasteiger charge is 2.39. The van der Waals surface area contributed by atoms with Gasteiger partial charge in [0.15, 0.2) is 5.76 Å². The number of hydrazine groups is 1. The number of ether oxygens (including phenoxy) is 1. The lowest BCUT2D eigenvalue weighted by atomic mass is 9.90. The van der Waals surface area contributed by atoms with Crippen LogP contribution in [0.4, 0.5) is 0 Å². The Morgan fingerprint density at radius 2 is 1.86 bits per heavy atom. The highest BCUT2D eigenvalue weighted by molar-refractivity contribution is 6.29. The molecule has 0 amide bonds. The molecule has 1 aliphatic carbocycles. The molecule has 0 spiro atoms. The maximum atomic E-state index is 13.1. The summed E-state index contributed by atoms with van der Waals surface area (Å²) in [5, 5.41) is 1.30. The van der Waals surface area contributed by atoms with Gasteiger partial charge in [-0.2, -0.15) is 0 Å². The van der Waals surface area contributed by atoms with E-state index in [0.717, 1.165) is 0 Å². The number of carbonyl (C=O) groups is 4. The lowest BCUT2D eigenvalue weighted by Crippen LogP contribution is -2.28. The second-order valence-corrected chi connectivity index (χ2v) is 7.99. The number of aromatic nitrogens is 1. The molecule has 0 fully saturated rings. The number of esters is 1. The average Bonchev–Trinajstić information content (AvgIpc) is 3.25. The van der Waals surface area contributed by atoms with Gasteiger partial charge in [0, 0.05) is 30.9 Å². The Kier molecular flexibility index (Phi) is 8.36. The summed E-state index contributed by atoms with van der Waals surface area (Å²) >= 11 is 0. The SMILES string of the molecule is CC.CC(=O)CCN(N)/C=C(\N)c1cccc(OC(=O)c2c(C)oc3c2C(=O)c2ncccc2C3=O)c1. The lowest BCUT2D eigenvalue weighted by molar-refractivity contribution is -0.117. The van der Waals surface area contributed by atoms with Crippen molar-refractivity contribution in [3.8, 4) is 5.75 Å². The molecule has 4 N–H and O–H groups in total. The molecule has 2 heterocycles. The Hall–Kier alpha value is -4.57. The number of nitrogens with two attached hydrogens (primary N) is 2. The Labute approximate surface area is 213 Å². The molecule has 0 atom stereocenters. The van der Waals surface area contributed by atoms with E-state index in [4.69, 9.17) is 20.7 Å². The zero-order valence-corrected chi connectivity index (χ0v) is 21.0. The quantitative estimate of drug-likeness (QED) is 0.165. The zero-order valence-electron chi connectivity index (χ0n) is 21.0. The number of ketones is 3. The standard InChI is InChI=1S/C25H22N4O6.C2H6/c1-13(30)8-10-29(27)12-18(26)15-5-3-6-16(11-15)35-25(33)19-14(2)34-24-20(19)23(32)21-17(22(24)31)7-4-9-28-21;1-2/h3-7,9,11-12H,8,10,26-27H2,1-2H3;1-2H3/b18-12-;. The van der Waals surface area contributed by atoms with Crippen molar-refractivity contribution in [2.45, 2.75) is 34.1 Å². The van der Waals surface area contributed by atoms with Gasteiger partial charge in [0.05, 0.1) is 16.8 Å². The van der Waals surface area contributed by atoms with Gasteiger partial charge in [-0.15, -0.1) is 0 Å². The van der Waals surface area contributed by atoms with Gasteiger partial charge in [-0.1, -0.05) is 26.0 Å². The van der Waals surface area contributed by atoms with Gasteiger partial charge in [-0.25, -0.2) is 10.6 Å². The van der Waals surface area contributed by atoms with Gasteiger partial charge < -0.3 is 19.9 Å². The lowest BCUT2D eigenvalue weighted by Gasteiger charge is -2.14. The van der Waals surface area contributed by atoms with E-state index < -0.39 is 17.5 Å². The number of hydrogen-bond acceptors (Lipinski definition) is 10. The van der Waals surface area contributed by atoms with Crippen LogP contribution in [0.5, 0.6) is 5.75 Å². The molecule has 37 heavy (non-hydrogen) atoms. The van der Waals surface area contributed by atoms with Crippen molar-refractivity contribution >= 4 is 29.0 Å². The van der Waals surface area contributed by atoms with Crippen molar-refractivity contribution in [1.82, 2.24) is 9.99 Å². The summed E-state index contributed by atoms with van der Waals surface area (Å²) in [5.41, 5.74) is 6.67. The van der Waals surface area contributed by atoms with E-state index in [1.165, 1.54) is 49.5 Å². The zero-order chi connectivity index (χ0) is 27.3. The molecule has 10 nitrogen and oxygen atoms in total. The van der Waals surface area contributed by atoms with E-state index in [1.54, 1.807) is 18.2 Å². The molecular weight excluding hydrogens is 476 g/mol. The van der Waals surface area contributed by atoms with Gasteiger partial charge >= 0.3 is 5.97 Å². The minimum atomic E-state index is -0.866. The number of pyridine rings is 1. The first kappa shape index (κ1) is 27.0. The highest BCUT2D eigenvalue weighted by atomic mass is 16.5. The van der Waals surface area contributed by atoms with Crippen LogP contribution < -0.4 is 16.3 Å². The summed E-state index contributed by atoms with van der Waals surface area (Å²) in [6, 6.07) is 9.40. The van der Waals surface area contributed by atoms with E-state index >= 15 is 0 Å². The summed E-state index contributed by atoms with van der Waals surface area (Å²) in [4.78, 5) is 54.0. The van der Waals surface area contributed by atoms with Crippen LogP contribution in [0.2, 0.25) is 0 Å². The Morgan fingerprint density at radius 1 is 1.14 bits per heavy atom. The largest absolute Gasteiger partial charge is 0.456 e. The number of aryl methyl sites for hydroxylation is 1. The second-order valence-electron chi connectivity index (χ2n) is 7.99. The van der Waals surface area contributed by atoms with Crippen molar-refractivity contribution in [3.63, 3.8) is 0 Å². The van der Waals surface area contributed by atoms with Crippen molar-refractivity contribution in [2.24, 2.45) is 11.6 Å². The summed E-state index contributed by atoms with van der Waals surface area (Å²) < 4.78 is 11.0. The van der Waals surface area contributed by atoms with Gasteiger partial charge in [0.1, 0.15) is 28.6 Å². The van der Waals surface area contributed by atoms with Crippen LogP contribution in [0.15, 0.2) is 53.2 Å². The summed E-state index contributed by atoms with van der Waals surface area (Å²) in [5.74, 6) is 3.88. The molecule has 3 aromatic rings. The first-order valence-corrected chi connectivity index (χ1v) is 11.7. The van der Waals surface area contributed by atoms with Crippen LogP contribution in [0.25, 0.3) is 5.70 Å². The molecule has 192 valence electrons. The first-order chi connectivity index (χ1) is 17.7. The molecule has 0 saturated carbocycles. The highest BCUT2D eigenvalue weighted by Crippen LogP contribution is 2.33. The van der Waals surface area contributed by atoms with Crippen molar-refractivity contribution in [2.75, 3.05) is 6.54 Å². The molecule has 4 rings (SSSR count). The second kappa shape index (κ2) is 11.4. The van der Waals surface area contributed by atoms with Crippen molar-refractivity contribution in [1.29, 1.82) is 0 Å². The third kappa shape index (κ3) is 5.65. The molecule has 0 saturated heterocycles. The van der Waals surface area contributed by atoms with Gasteiger partial charge in [-0.3, -0.25) is 19.4 Å². The average molecular weight is 505 g/mol. The van der Waals surface area contributed by atoms with Crippen LogP contribution >= 0.6 is 0 Å². The Morgan fingerprint density at radius 3 is 2.57 bits per heavy atom. The number of hydrogen-bond donors (Lipinski definition) is 2. The minimum Gasteiger partial charge on any atom is -0.456 e. The predicted octanol–water partition coefficient (Wildman–Crippen LogP) is 3.42.